The van der Waals surface area contributed by atoms with Crippen molar-refractivity contribution in [2.75, 3.05) is 18.8 Å². The van der Waals surface area contributed by atoms with Crippen molar-refractivity contribution >= 4 is 47.6 Å². The van der Waals surface area contributed by atoms with Gasteiger partial charge in [-0.15, -0.1) is 0 Å². The van der Waals surface area contributed by atoms with Gasteiger partial charge in [-0.1, -0.05) is 13.3 Å². The molecule has 0 aromatic heterocycles. The minimum absolute atomic E-state index is 0.265. The summed E-state index contributed by atoms with van der Waals surface area (Å²) >= 11 is 6.62. The monoisotopic (exact) mass is 424 g/mol. The average molecular weight is 426 g/mol. The van der Waals surface area contributed by atoms with Crippen LogP contribution < -0.4 is 5.73 Å². The van der Waals surface area contributed by atoms with Crippen LogP contribution in [-0.4, -0.2) is 25.8 Å². The van der Waals surface area contributed by atoms with Gasteiger partial charge in [-0.05, 0) is 62.8 Å². The van der Waals surface area contributed by atoms with Crippen LogP contribution in [0.1, 0.15) is 26.2 Å². The lowest BCUT2D eigenvalue weighted by Crippen LogP contribution is -2.38. The normalized spacial score (nSPS) is 18.4. The number of nitrogen functional groups attached to an aromatic ring is 1. The zero-order valence-electron chi connectivity index (χ0n) is 11.3. The first-order valence-electron chi connectivity index (χ1n) is 6.61. The Morgan fingerprint density at radius 1 is 1.25 bits per heavy atom. The second kappa shape index (κ2) is 6.34. The molecule has 1 aliphatic heterocycles. The van der Waals surface area contributed by atoms with E-state index in [0.29, 0.717) is 33.6 Å². The Balaban J connectivity index is 2.32. The van der Waals surface area contributed by atoms with Crippen molar-refractivity contribution < 1.29 is 8.42 Å². The summed E-state index contributed by atoms with van der Waals surface area (Å²) in [5, 5.41) is 0. The fraction of sp³-hybridized carbons (Fsp3) is 0.538. The number of hydrogen-bond donors (Lipinski definition) is 1. The fourth-order valence-corrected chi connectivity index (χ4v) is 6.52. The lowest BCUT2D eigenvalue weighted by molar-refractivity contribution is 0.269. The van der Waals surface area contributed by atoms with Gasteiger partial charge in [0.25, 0.3) is 0 Å². The van der Waals surface area contributed by atoms with E-state index in [-0.39, 0.29) is 4.90 Å². The quantitative estimate of drug-likeness (QED) is 0.752. The molecule has 1 aromatic carbocycles. The predicted molar refractivity (Wildman–Crippen MR) is 88.0 cm³/mol. The van der Waals surface area contributed by atoms with Crippen LogP contribution in [0.5, 0.6) is 0 Å². The highest BCUT2D eigenvalue weighted by Gasteiger charge is 2.31. The van der Waals surface area contributed by atoms with E-state index in [0.717, 1.165) is 19.3 Å². The van der Waals surface area contributed by atoms with Crippen LogP contribution in [0.2, 0.25) is 0 Å². The van der Waals surface area contributed by atoms with E-state index in [1.165, 1.54) is 0 Å². The fourth-order valence-electron chi connectivity index (χ4n) is 2.51. The van der Waals surface area contributed by atoms with Crippen LogP contribution in [0, 0.1) is 5.92 Å². The summed E-state index contributed by atoms with van der Waals surface area (Å²) in [4.78, 5) is 0.265. The molecule has 1 aliphatic rings. The number of nitrogens with two attached hydrogens (primary N) is 1. The summed E-state index contributed by atoms with van der Waals surface area (Å²) in [6.45, 7) is 3.33. The van der Waals surface area contributed by atoms with Gasteiger partial charge in [-0.25, -0.2) is 8.42 Å². The molecular formula is C13H18Br2N2O2S. The Labute approximate surface area is 137 Å². The maximum absolute atomic E-state index is 12.8. The largest absolute Gasteiger partial charge is 0.399 e. The van der Waals surface area contributed by atoms with Gasteiger partial charge in [0.15, 0.2) is 0 Å². The van der Waals surface area contributed by atoms with Crippen LogP contribution in [0.4, 0.5) is 5.69 Å². The van der Waals surface area contributed by atoms with Gasteiger partial charge in [0, 0.05) is 27.7 Å². The molecule has 0 radical (unpaired) electrons. The third-order valence-corrected chi connectivity index (χ3v) is 7.55. The molecule has 1 aromatic rings. The van der Waals surface area contributed by atoms with E-state index in [4.69, 9.17) is 5.73 Å². The van der Waals surface area contributed by atoms with Gasteiger partial charge in [-0.3, -0.25) is 0 Å². The summed E-state index contributed by atoms with van der Waals surface area (Å²) in [5.41, 5.74) is 6.24. The number of piperidine rings is 1. The number of benzene rings is 1. The van der Waals surface area contributed by atoms with E-state index in [2.05, 4.69) is 38.8 Å². The Hall–Kier alpha value is -0.110. The molecule has 0 saturated carbocycles. The lowest BCUT2D eigenvalue weighted by atomic mass is 9.96. The summed E-state index contributed by atoms with van der Waals surface area (Å²) in [6, 6.07) is 3.24. The van der Waals surface area contributed by atoms with E-state index in [1.54, 1.807) is 16.4 Å². The molecule has 0 spiro atoms. The van der Waals surface area contributed by atoms with Gasteiger partial charge in [0.1, 0.15) is 4.90 Å². The van der Waals surface area contributed by atoms with Crippen molar-refractivity contribution in [2.45, 2.75) is 31.1 Å². The minimum atomic E-state index is -3.49. The highest BCUT2D eigenvalue weighted by molar-refractivity contribution is 9.11. The molecule has 112 valence electrons. The first kappa shape index (κ1) is 16.3. The number of rotatable bonds is 3. The summed E-state index contributed by atoms with van der Waals surface area (Å²) in [6.07, 6.45) is 2.98. The smallest absolute Gasteiger partial charge is 0.245 e. The molecule has 2 rings (SSSR count). The van der Waals surface area contributed by atoms with Crippen molar-refractivity contribution in [3.8, 4) is 0 Å². The molecule has 1 heterocycles. The molecule has 0 unspecified atom stereocenters. The van der Waals surface area contributed by atoms with Crippen molar-refractivity contribution in [3.05, 3.63) is 21.1 Å². The van der Waals surface area contributed by atoms with Crippen LogP contribution in [-0.2, 0) is 10.0 Å². The number of nitrogens with zero attached hydrogens (tertiary/aromatic N) is 1. The van der Waals surface area contributed by atoms with Crippen molar-refractivity contribution in [1.29, 1.82) is 0 Å². The Morgan fingerprint density at radius 2 is 1.75 bits per heavy atom. The summed E-state index contributed by atoms with van der Waals surface area (Å²) < 4.78 is 28.1. The Bertz CT molecular complexity index is 573. The first-order chi connectivity index (χ1) is 9.36. The second-order valence-corrected chi connectivity index (χ2v) is 8.65. The molecule has 7 heteroatoms. The molecule has 1 fully saturated rings. The molecule has 0 amide bonds. The highest BCUT2D eigenvalue weighted by Crippen LogP contribution is 2.35. The Morgan fingerprint density at radius 3 is 2.20 bits per heavy atom. The molecule has 1 saturated heterocycles. The molecule has 4 nitrogen and oxygen atoms in total. The van der Waals surface area contributed by atoms with E-state index in [1.807, 2.05) is 0 Å². The van der Waals surface area contributed by atoms with Crippen molar-refractivity contribution in [1.82, 2.24) is 4.31 Å². The van der Waals surface area contributed by atoms with Gasteiger partial charge >= 0.3 is 0 Å². The minimum Gasteiger partial charge on any atom is -0.399 e. The van der Waals surface area contributed by atoms with Gasteiger partial charge in [0.2, 0.25) is 10.0 Å². The number of hydrogen-bond acceptors (Lipinski definition) is 3. The third-order valence-electron chi connectivity index (χ3n) is 3.77. The van der Waals surface area contributed by atoms with Crippen LogP contribution in [0.15, 0.2) is 26.0 Å². The van der Waals surface area contributed by atoms with Gasteiger partial charge in [0.05, 0.1) is 0 Å². The zero-order chi connectivity index (χ0) is 14.9. The van der Waals surface area contributed by atoms with E-state index < -0.39 is 10.0 Å². The third kappa shape index (κ3) is 3.21. The molecular weight excluding hydrogens is 408 g/mol. The summed E-state index contributed by atoms with van der Waals surface area (Å²) in [5.74, 6) is 0.639. The van der Waals surface area contributed by atoms with Crippen LogP contribution >= 0.6 is 31.9 Å². The molecule has 0 atom stereocenters. The van der Waals surface area contributed by atoms with Gasteiger partial charge < -0.3 is 5.73 Å². The van der Waals surface area contributed by atoms with Crippen LogP contribution in [0.3, 0.4) is 0 Å². The van der Waals surface area contributed by atoms with Crippen molar-refractivity contribution in [3.63, 3.8) is 0 Å². The average Bonchev–Trinajstić information content (AvgIpc) is 2.37. The molecule has 0 bridgehead atoms. The number of halogens is 2. The lowest BCUT2D eigenvalue weighted by Gasteiger charge is -2.31. The highest BCUT2D eigenvalue weighted by atomic mass is 79.9. The molecule has 0 aliphatic carbocycles. The van der Waals surface area contributed by atoms with E-state index in [9.17, 15) is 8.42 Å². The van der Waals surface area contributed by atoms with Gasteiger partial charge in [-0.2, -0.15) is 4.31 Å². The van der Waals surface area contributed by atoms with E-state index >= 15 is 0 Å². The first-order valence-corrected chi connectivity index (χ1v) is 9.63. The number of anilines is 1. The van der Waals surface area contributed by atoms with Crippen LogP contribution in [0.25, 0.3) is 0 Å². The Kier molecular flexibility index (Phi) is 5.15. The maximum Gasteiger partial charge on any atom is 0.245 e. The standard InChI is InChI=1S/C13H18Br2N2O2S/c1-2-9-3-5-17(6-4-9)20(18,19)13-11(14)7-10(16)8-12(13)15/h7-9H,2-6,16H2,1H3. The predicted octanol–water partition coefficient (Wildman–Crippen LogP) is 3.60. The summed E-state index contributed by atoms with van der Waals surface area (Å²) in [7, 11) is -3.49. The second-order valence-electron chi connectivity index (χ2n) is 5.07. The molecule has 20 heavy (non-hydrogen) atoms. The zero-order valence-corrected chi connectivity index (χ0v) is 15.3. The van der Waals surface area contributed by atoms with Crippen molar-refractivity contribution in [2.24, 2.45) is 5.92 Å². The number of sulfonamides is 1. The maximum atomic E-state index is 12.8. The SMILES string of the molecule is CCC1CCN(S(=O)(=O)c2c(Br)cc(N)cc2Br)CC1. The molecule has 2 N–H and O–H groups in total. The topological polar surface area (TPSA) is 63.4 Å².